The maximum absolute atomic E-state index is 12.1. The largest absolute Gasteiger partial charge is 0.325 e. The maximum Gasteiger partial charge on any atom is 0.270 e. The van der Waals surface area contributed by atoms with Gasteiger partial charge in [-0.3, -0.25) is 10.1 Å². The van der Waals surface area contributed by atoms with Gasteiger partial charge < -0.3 is 5.73 Å². The van der Waals surface area contributed by atoms with Gasteiger partial charge in [0.2, 0.25) is 10.0 Å². The van der Waals surface area contributed by atoms with Crippen LogP contribution in [0.1, 0.15) is 0 Å². The van der Waals surface area contributed by atoms with E-state index in [-0.39, 0.29) is 34.7 Å². The molecule has 1 heterocycles. The Balaban J connectivity index is 2.44. The molecule has 1 fully saturated rings. The van der Waals surface area contributed by atoms with Crippen LogP contribution < -0.4 is 5.73 Å². The first-order chi connectivity index (χ1) is 8.32. The van der Waals surface area contributed by atoms with Gasteiger partial charge in [-0.05, 0) is 6.07 Å². The van der Waals surface area contributed by atoms with E-state index in [9.17, 15) is 18.5 Å². The van der Waals surface area contributed by atoms with E-state index >= 15 is 0 Å². The second-order valence-electron chi connectivity index (χ2n) is 3.95. The Labute approximate surface area is 108 Å². The highest BCUT2D eigenvalue weighted by molar-refractivity contribution is 7.89. The Kier molecular flexibility index (Phi) is 3.28. The maximum atomic E-state index is 12.1. The van der Waals surface area contributed by atoms with Gasteiger partial charge in [0.25, 0.3) is 5.69 Å². The monoisotopic (exact) mass is 291 g/mol. The third kappa shape index (κ3) is 2.19. The molecule has 0 bridgehead atoms. The number of nitrogens with two attached hydrogens (primary N) is 1. The molecule has 18 heavy (non-hydrogen) atoms. The number of nitro groups is 1. The van der Waals surface area contributed by atoms with Gasteiger partial charge in [0.15, 0.2) is 0 Å². The number of rotatable bonds is 3. The average molecular weight is 292 g/mol. The standard InChI is InChI=1S/C9H10ClN3O4S/c10-8-2-1-7(13(14)15)3-9(8)18(16,17)12-4-6(11)5-12/h1-3,6H,4-5,11H2. The van der Waals surface area contributed by atoms with Crippen LogP contribution in [0.5, 0.6) is 0 Å². The molecule has 2 rings (SSSR count). The Hall–Kier alpha value is -1.22. The van der Waals surface area contributed by atoms with Gasteiger partial charge in [-0.2, -0.15) is 4.31 Å². The third-order valence-corrected chi connectivity index (χ3v) is 4.93. The van der Waals surface area contributed by atoms with Gasteiger partial charge in [-0.1, -0.05) is 11.6 Å². The summed E-state index contributed by atoms with van der Waals surface area (Å²) in [7, 11) is -3.80. The first-order valence-corrected chi connectivity index (χ1v) is 6.84. The lowest BCUT2D eigenvalue weighted by atomic mass is 10.2. The van der Waals surface area contributed by atoms with Crippen LogP contribution in [-0.4, -0.2) is 36.8 Å². The minimum absolute atomic E-state index is 0.0407. The minimum atomic E-state index is -3.80. The molecular formula is C9H10ClN3O4S. The fourth-order valence-electron chi connectivity index (χ4n) is 1.61. The molecule has 2 N–H and O–H groups in total. The van der Waals surface area contributed by atoms with Crippen molar-refractivity contribution in [2.45, 2.75) is 10.9 Å². The predicted molar refractivity (Wildman–Crippen MR) is 64.8 cm³/mol. The van der Waals surface area contributed by atoms with Crippen molar-refractivity contribution in [3.05, 3.63) is 33.3 Å². The highest BCUT2D eigenvalue weighted by Crippen LogP contribution is 2.30. The van der Waals surface area contributed by atoms with Crippen molar-refractivity contribution in [3.63, 3.8) is 0 Å². The van der Waals surface area contributed by atoms with Crippen LogP contribution in [-0.2, 0) is 10.0 Å². The third-order valence-electron chi connectivity index (χ3n) is 2.62. The Morgan fingerprint density at radius 2 is 2.06 bits per heavy atom. The number of halogens is 1. The molecule has 0 aromatic heterocycles. The first kappa shape index (κ1) is 13.2. The summed E-state index contributed by atoms with van der Waals surface area (Å²) < 4.78 is 25.4. The number of non-ortho nitro benzene ring substituents is 1. The molecule has 0 aliphatic carbocycles. The van der Waals surface area contributed by atoms with Crippen LogP contribution >= 0.6 is 11.6 Å². The molecular weight excluding hydrogens is 282 g/mol. The molecule has 9 heteroatoms. The fourth-order valence-corrected chi connectivity index (χ4v) is 3.66. The first-order valence-electron chi connectivity index (χ1n) is 5.02. The molecule has 1 saturated heterocycles. The van der Waals surface area contributed by atoms with E-state index in [0.717, 1.165) is 16.4 Å². The number of hydrogen-bond acceptors (Lipinski definition) is 5. The summed E-state index contributed by atoms with van der Waals surface area (Å²) in [5.74, 6) is 0. The molecule has 0 saturated carbocycles. The van der Waals surface area contributed by atoms with Crippen LogP contribution in [0.25, 0.3) is 0 Å². The van der Waals surface area contributed by atoms with E-state index in [4.69, 9.17) is 17.3 Å². The summed E-state index contributed by atoms with van der Waals surface area (Å²) in [5.41, 5.74) is 5.20. The van der Waals surface area contributed by atoms with Crippen LogP contribution in [0.15, 0.2) is 23.1 Å². The SMILES string of the molecule is NC1CN(S(=O)(=O)c2cc([N+](=O)[O-])ccc2Cl)C1. The van der Waals surface area contributed by atoms with E-state index in [2.05, 4.69) is 0 Å². The van der Waals surface area contributed by atoms with E-state index in [1.54, 1.807) is 0 Å². The van der Waals surface area contributed by atoms with Gasteiger partial charge in [-0.25, -0.2) is 8.42 Å². The summed E-state index contributed by atoms with van der Waals surface area (Å²) in [6, 6.07) is 3.12. The van der Waals surface area contributed by atoms with Gasteiger partial charge in [0.1, 0.15) is 4.90 Å². The predicted octanol–water partition coefficient (Wildman–Crippen LogP) is 0.580. The summed E-state index contributed by atoms with van der Waals surface area (Å²) in [6.07, 6.45) is 0. The number of hydrogen-bond donors (Lipinski definition) is 1. The van der Waals surface area contributed by atoms with Gasteiger partial charge in [0, 0.05) is 31.3 Å². The zero-order chi connectivity index (χ0) is 13.5. The second-order valence-corrected chi connectivity index (χ2v) is 6.27. The molecule has 1 aliphatic heterocycles. The Bertz CT molecular complexity index is 598. The van der Waals surface area contributed by atoms with Crippen molar-refractivity contribution >= 4 is 27.3 Å². The molecule has 7 nitrogen and oxygen atoms in total. The van der Waals surface area contributed by atoms with Crippen molar-refractivity contribution < 1.29 is 13.3 Å². The Morgan fingerprint density at radius 3 is 2.56 bits per heavy atom. The summed E-state index contributed by atoms with van der Waals surface area (Å²) in [5, 5.41) is 10.6. The van der Waals surface area contributed by atoms with E-state index < -0.39 is 14.9 Å². The smallest absolute Gasteiger partial charge is 0.270 e. The molecule has 1 aliphatic rings. The number of benzene rings is 1. The number of nitrogens with zero attached hydrogens (tertiary/aromatic N) is 2. The molecule has 0 spiro atoms. The molecule has 0 amide bonds. The minimum Gasteiger partial charge on any atom is -0.325 e. The molecule has 0 atom stereocenters. The lowest BCUT2D eigenvalue weighted by Crippen LogP contribution is -2.57. The van der Waals surface area contributed by atoms with Crippen molar-refractivity contribution in [2.75, 3.05) is 13.1 Å². The molecule has 98 valence electrons. The van der Waals surface area contributed by atoms with Gasteiger partial charge >= 0.3 is 0 Å². The van der Waals surface area contributed by atoms with Crippen molar-refractivity contribution in [1.29, 1.82) is 0 Å². The fraction of sp³-hybridized carbons (Fsp3) is 0.333. The highest BCUT2D eigenvalue weighted by Gasteiger charge is 2.36. The average Bonchev–Trinajstić information content (AvgIpc) is 2.24. The van der Waals surface area contributed by atoms with E-state index in [1.165, 1.54) is 6.07 Å². The number of sulfonamides is 1. The summed E-state index contributed by atoms with van der Waals surface area (Å²) in [6.45, 7) is 0.392. The zero-order valence-electron chi connectivity index (χ0n) is 9.11. The quantitative estimate of drug-likeness (QED) is 0.647. The normalized spacial score (nSPS) is 17.4. The zero-order valence-corrected chi connectivity index (χ0v) is 10.7. The Morgan fingerprint density at radius 1 is 1.44 bits per heavy atom. The highest BCUT2D eigenvalue weighted by atomic mass is 35.5. The van der Waals surface area contributed by atoms with Crippen molar-refractivity contribution in [1.82, 2.24) is 4.31 Å². The van der Waals surface area contributed by atoms with Crippen LogP contribution in [0, 0.1) is 10.1 Å². The summed E-state index contributed by atoms with van der Waals surface area (Å²) in [4.78, 5) is 9.70. The van der Waals surface area contributed by atoms with Crippen LogP contribution in [0.4, 0.5) is 5.69 Å². The molecule has 1 aromatic rings. The second kappa shape index (κ2) is 4.47. The summed E-state index contributed by atoms with van der Waals surface area (Å²) >= 11 is 5.79. The van der Waals surface area contributed by atoms with Crippen LogP contribution in [0.2, 0.25) is 5.02 Å². The van der Waals surface area contributed by atoms with E-state index in [0.29, 0.717) is 0 Å². The van der Waals surface area contributed by atoms with Crippen molar-refractivity contribution in [3.8, 4) is 0 Å². The van der Waals surface area contributed by atoms with Gasteiger partial charge in [-0.15, -0.1) is 0 Å². The van der Waals surface area contributed by atoms with Gasteiger partial charge in [0.05, 0.1) is 9.95 Å². The number of nitro benzene ring substituents is 1. The van der Waals surface area contributed by atoms with E-state index in [1.807, 2.05) is 0 Å². The molecule has 1 aromatic carbocycles. The lowest BCUT2D eigenvalue weighted by Gasteiger charge is -2.35. The molecule has 0 radical (unpaired) electrons. The molecule has 0 unspecified atom stereocenters. The van der Waals surface area contributed by atoms with Crippen LogP contribution in [0.3, 0.4) is 0 Å². The van der Waals surface area contributed by atoms with Crippen molar-refractivity contribution in [2.24, 2.45) is 5.73 Å². The topological polar surface area (TPSA) is 107 Å². The lowest BCUT2D eigenvalue weighted by molar-refractivity contribution is -0.385.